The van der Waals surface area contributed by atoms with Crippen molar-refractivity contribution in [2.24, 2.45) is 0 Å². The Balaban J connectivity index is 2.16. The number of para-hydroxylation sites is 2. The van der Waals surface area contributed by atoms with Crippen molar-refractivity contribution in [1.82, 2.24) is 0 Å². The van der Waals surface area contributed by atoms with Gasteiger partial charge in [-0.05, 0) is 31.9 Å². The lowest BCUT2D eigenvalue weighted by Gasteiger charge is -2.16. The Labute approximate surface area is 178 Å². The minimum Gasteiger partial charge on any atom is -0.488 e. The Morgan fingerprint density at radius 3 is 1.93 bits per heavy atom. The number of hydrogen-bond acceptors (Lipinski definition) is 4. The van der Waals surface area contributed by atoms with Crippen LogP contribution in [-0.4, -0.2) is 34.2 Å². The fourth-order valence-electron chi connectivity index (χ4n) is 3.19. The second-order valence-corrected chi connectivity index (χ2v) is 7.65. The monoisotopic (exact) mass is 421 g/mol. The first-order valence-electron chi connectivity index (χ1n) is 10.9. The summed E-state index contributed by atoms with van der Waals surface area (Å²) in [6.07, 6.45) is 9.27. The molecule has 0 aliphatic heterocycles. The number of carboxylic acid groups (broad SMARTS) is 2. The summed E-state index contributed by atoms with van der Waals surface area (Å²) in [7, 11) is 0. The summed E-state index contributed by atoms with van der Waals surface area (Å²) < 4.78 is 5.65. The molecule has 0 spiro atoms. The molecule has 0 aromatic heterocycles. The molecule has 7 nitrogen and oxygen atoms in total. The van der Waals surface area contributed by atoms with Crippen molar-refractivity contribution in [1.29, 1.82) is 0 Å². The Kier molecular flexibility index (Phi) is 13.0. The van der Waals surface area contributed by atoms with E-state index in [1.807, 2.05) is 0 Å². The van der Waals surface area contributed by atoms with E-state index in [4.69, 9.17) is 14.9 Å². The first kappa shape index (κ1) is 25.5. The molecule has 1 aromatic carbocycles. The van der Waals surface area contributed by atoms with Gasteiger partial charge in [0, 0.05) is 12.8 Å². The van der Waals surface area contributed by atoms with Gasteiger partial charge in [-0.1, -0.05) is 57.1 Å². The maximum absolute atomic E-state index is 12.2. The topological polar surface area (TPSA) is 113 Å². The number of unbranched alkanes of at least 4 members (excludes halogenated alkanes) is 8. The highest BCUT2D eigenvalue weighted by Gasteiger charge is 2.13. The van der Waals surface area contributed by atoms with Crippen LogP contribution in [0.4, 0.5) is 5.69 Å². The summed E-state index contributed by atoms with van der Waals surface area (Å²) in [4.78, 5) is 33.4. The standard InChI is InChI=1S/C23H35NO6/c1-18(17-23(28)29)30-20-14-12-11-13-19(20)24-21(25)15-9-7-5-3-2-4-6-8-10-16-22(26)27/h11-14,18H,2-10,15-17H2,1H3,(H,24,25)(H,26,27)(H,28,29). The van der Waals surface area contributed by atoms with Gasteiger partial charge in [0.05, 0.1) is 12.1 Å². The predicted molar refractivity (Wildman–Crippen MR) is 116 cm³/mol. The third-order valence-electron chi connectivity index (χ3n) is 4.75. The second kappa shape index (κ2) is 15.3. The number of carboxylic acids is 2. The molecular formula is C23H35NO6. The van der Waals surface area contributed by atoms with Crippen LogP contribution < -0.4 is 10.1 Å². The molecule has 0 aliphatic carbocycles. The van der Waals surface area contributed by atoms with Crippen molar-refractivity contribution in [3.05, 3.63) is 24.3 Å². The number of nitrogens with one attached hydrogen (secondary N) is 1. The summed E-state index contributed by atoms with van der Waals surface area (Å²) >= 11 is 0. The average molecular weight is 422 g/mol. The number of carbonyl (C=O) groups excluding carboxylic acids is 1. The fourth-order valence-corrected chi connectivity index (χ4v) is 3.19. The van der Waals surface area contributed by atoms with Crippen LogP contribution in [-0.2, 0) is 14.4 Å². The molecule has 1 unspecified atom stereocenters. The van der Waals surface area contributed by atoms with Crippen molar-refractivity contribution in [3.63, 3.8) is 0 Å². The summed E-state index contributed by atoms with van der Waals surface area (Å²) in [5.74, 6) is -1.25. The molecule has 1 atom stereocenters. The molecule has 0 saturated heterocycles. The van der Waals surface area contributed by atoms with E-state index in [0.29, 0.717) is 17.9 Å². The van der Waals surface area contributed by atoms with Crippen LogP contribution in [0.25, 0.3) is 0 Å². The highest BCUT2D eigenvalue weighted by atomic mass is 16.5. The van der Waals surface area contributed by atoms with Gasteiger partial charge in [0.15, 0.2) is 0 Å². The van der Waals surface area contributed by atoms with E-state index in [1.165, 1.54) is 0 Å². The molecule has 1 aromatic rings. The van der Waals surface area contributed by atoms with E-state index in [9.17, 15) is 14.4 Å². The van der Waals surface area contributed by atoms with Crippen LogP contribution in [0.3, 0.4) is 0 Å². The van der Waals surface area contributed by atoms with E-state index in [2.05, 4.69) is 5.32 Å². The normalized spacial score (nSPS) is 11.6. The lowest BCUT2D eigenvalue weighted by atomic mass is 10.1. The zero-order chi connectivity index (χ0) is 22.2. The van der Waals surface area contributed by atoms with E-state index >= 15 is 0 Å². The van der Waals surface area contributed by atoms with Crippen LogP contribution in [0.2, 0.25) is 0 Å². The molecule has 7 heteroatoms. The van der Waals surface area contributed by atoms with Crippen molar-refractivity contribution >= 4 is 23.5 Å². The van der Waals surface area contributed by atoms with Gasteiger partial charge in [-0.15, -0.1) is 0 Å². The van der Waals surface area contributed by atoms with Gasteiger partial charge in [-0.2, -0.15) is 0 Å². The molecule has 1 rings (SSSR count). The number of carbonyl (C=O) groups is 3. The smallest absolute Gasteiger partial charge is 0.307 e. The lowest BCUT2D eigenvalue weighted by Crippen LogP contribution is -2.18. The highest BCUT2D eigenvalue weighted by Crippen LogP contribution is 2.25. The number of hydrogen-bond donors (Lipinski definition) is 3. The zero-order valence-corrected chi connectivity index (χ0v) is 17.9. The molecule has 0 heterocycles. The minimum absolute atomic E-state index is 0.0737. The number of aliphatic carboxylic acids is 2. The van der Waals surface area contributed by atoms with Crippen LogP contribution in [0, 0.1) is 0 Å². The Bertz CT molecular complexity index is 661. The Morgan fingerprint density at radius 2 is 1.37 bits per heavy atom. The molecule has 1 amide bonds. The van der Waals surface area contributed by atoms with Gasteiger partial charge < -0.3 is 20.3 Å². The highest BCUT2D eigenvalue weighted by molar-refractivity contribution is 5.92. The molecule has 168 valence electrons. The largest absolute Gasteiger partial charge is 0.488 e. The van der Waals surface area contributed by atoms with Gasteiger partial charge in [0.25, 0.3) is 0 Å². The molecule has 30 heavy (non-hydrogen) atoms. The molecule has 0 bridgehead atoms. The summed E-state index contributed by atoms with van der Waals surface area (Å²) in [5, 5.41) is 20.3. The SMILES string of the molecule is CC(CC(=O)O)Oc1ccccc1NC(=O)CCCCCCCCCCCC(=O)O. The number of benzene rings is 1. The van der Waals surface area contributed by atoms with E-state index in [1.54, 1.807) is 31.2 Å². The van der Waals surface area contributed by atoms with Crippen molar-refractivity contribution in [2.75, 3.05) is 5.32 Å². The summed E-state index contributed by atoms with van der Waals surface area (Å²) in [6.45, 7) is 1.68. The lowest BCUT2D eigenvalue weighted by molar-refractivity contribution is -0.139. The average Bonchev–Trinajstić information content (AvgIpc) is 2.66. The fraction of sp³-hybridized carbons (Fsp3) is 0.609. The predicted octanol–water partition coefficient (Wildman–Crippen LogP) is 5.24. The number of rotatable bonds is 17. The molecule has 0 fully saturated rings. The van der Waals surface area contributed by atoms with Gasteiger partial charge in [-0.25, -0.2) is 0 Å². The molecular weight excluding hydrogens is 386 g/mol. The number of ether oxygens (including phenoxy) is 1. The Hall–Kier alpha value is -2.57. The van der Waals surface area contributed by atoms with Crippen molar-refractivity contribution in [2.45, 2.75) is 90.1 Å². The van der Waals surface area contributed by atoms with Crippen molar-refractivity contribution < 1.29 is 29.3 Å². The number of amides is 1. The maximum atomic E-state index is 12.2. The maximum Gasteiger partial charge on any atom is 0.307 e. The van der Waals surface area contributed by atoms with Crippen LogP contribution in [0.15, 0.2) is 24.3 Å². The third-order valence-corrected chi connectivity index (χ3v) is 4.75. The van der Waals surface area contributed by atoms with E-state index < -0.39 is 18.0 Å². The number of anilines is 1. The second-order valence-electron chi connectivity index (χ2n) is 7.65. The van der Waals surface area contributed by atoms with E-state index in [0.717, 1.165) is 57.8 Å². The van der Waals surface area contributed by atoms with Gasteiger partial charge in [-0.3, -0.25) is 14.4 Å². The first-order valence-corrected chi connectivity index (χ1v) is 10.9. The molecule has 0 aliphatic rings. The van der Waals surface area contributed by atoms with Gasteiger partial charge in [0.2, 0.25) is 5.91 Å². The Morgan fingerprint density at radius 1 is 0.833 bits per heavy atom. The van der Waals surface area contributed by atoms with Crippen LogP contribution in [0.5, 0.6) is 5.75 Å². The summed E-state index contributed by atoms with van der Waals surface area (Å²) in [5.41, 5.74) is 0.558. The third kappa shape index (κ3) is 12.8. The van der Waals surface area contributed by atoms with Gasteiger partial charge in [0.1, 0.15) is 11.9 Å². The van der Waals surface area contributed by atoms with Gasteiger partial charge >= 0.3 is 11.9 Å². The summed E-state index contributed by atoms with van der Waals surface area (Å²) in [6, 6.07) is 7.05. The van der Waals surface area contributed by atoms with Crippen LogP contribution in [0.1, 0.15) is 84.0 Å². The van der Waals surface area contributed by atoms with Crippen molar-refractivity contribution in [3.8, 4) is 5.75 Å². The quantitative estimate of drug-likeness (QED) is 0.296. The first-order chi connectivity index (χ1) is 14.4. The van der Waals surface area contributed by atoms with Crippen LogP contribution >= 0.6 is 0 Å². The molecule has 0 radical (unpaired) electrons. The molecule has 3 N–H and O–H groups in total. The van der Waals surface area contributed by atoms with E-state index in [-0.39, 0.29) is 18.7 Å². The zero-order valence-electron chi connectivity index (χ0n) is 17.9. The minimum atomic E-state index is -0.929. The molecule has 0 saturated carbocycles.